The SMILES string of the molecule is NCC(OCc1ccco1)c1ccsc1. The Balaban J connectivity index is 1.92. The second kappa shape index (κ2) is 5.11. The van der Waals surface area contributed by atoms with Crippen molar-refractivity contribution in [2.75, 3.05) is 6.54 Å². The minimum Gasteiger partial charge on any atom is -0.467 e. The molecule has 1 unspecified atom stereocenters. The summed E-state index contributed by atoms with van der Waals surface area (Å²) in [4.78, 5) is 0. The quantitative estimate of drug-likeness (QED) is 0.847. The van der Waals surface area contributed by atoms with E-state index in [1.807, 2.05) is 23.6 Å². The van der Waals surface area contributed by atoms with Crippen molar-refractivity contribution < 1.29 is 9.15 Å². The van der Waals surface area contributed by atoms with E-state index in [4.69, 9.17) is 14.9 Å². The number of rotatable bonds is 5. The van der Waals surface area contributed by atoms with Crippen LogP contribution in [0.5, 0.6) is 0 Å². The molecule has 0 radical (unpaired) electrons. The highest BCUT2D eigenvalue weighted by atomic mass is 32.1. The fourth-order valence-corrected chi connectivity index (χ4v) is 2.04. The maximum atomic E-state index is 5.67. The summed E-state index contributed by atoms with van der Waals surface area (Å²) in [7, 11) is 0. The molecule has 0 bridgehead atoms. The van der Waals surface area contributed by atoms with Gasteiger partial charge in [-0.1, -0.05) is 0 Å². The van der Waals surface area contributed by atoms with Crippen LogP contribution < -0.4 is 5.73 Å². The van der Waals surface area contributed by atoms with Crippen molar-refractivity contribution in [2.45, 2.75) is 12.7 Å². The normalized spacial score (nSPS) is 12.9. The molecule has 0 aliphatic rings. The van der Waals surface area contributed by atoms with Gasteiger partial charge < -0.3 is 14.9 Å². The van der Waals surface area contributed by atoms with Gasteiger partial charge in [0.2, 0.25) is 0 Å². The van der Waals surface area contributed by atoms with Gasteiger partial charge in [0, 0.05) is 6.54 Å². The Morgan fingerprint density at radius 2 is 2.40 bits per heavy atom. The first-order valence-corrected chi connectivity index (χ1v) is 5.70. The summed E-state index contributed by atoms with van der Waals surface area (Å²) in [6.07, 6.45) is 1.60. The molecule has 0 saturated heterocycles. The van der Waals surface area contributed by atoms with E-state index in [2.05, 4.69) is 5.38 Å². The summed E-state index contributed by atoms with van der Waals surface area (Å²) in [5.74, 6) is 0.823. The predicted octanol–water partition coefficient (Wildman–Crippen LogP) is 2.56. The van der Waals surface area contributed by atoms with E-state index < -0.39 is 0 Å². The lowest BCUT2D eigenvalue weighted by Gasteiger charge is -2.13. The minimum atomic E-state index is -0.0404. The first-order valence-electron chi connectivity index (χ1n) is 4.76. The van der Waals surface area contributed by atoms with Gasteiger partial charge in [0.25, 0.3) is 0 Å². The van der Waals surface area contributed by atoms with E-state index in [0.717, 1.165) is 11.3 Å². The van der Waals surface area contributed by atoms with Crippen molar-refractivity contribution in [3.05, 3.63) is 46.5 Å². The van der Waals surface area contributed by atoms with E-state index >= 15 is 0 Å². The summed E-state index contributed by atoms with van der Waals surface area (Å²) in [6, 6.07) is 5.77. The smallest absolute Gasteiger partial charge is 0.129 e. The van der Waals surface area contributed by atoms with Gasteiger partial charge in [-0.25, -0.2) is 0 Å². The molecule has 1 atom stereocenters. The fraction of sp³-hybridized carbons (Fsp3) is 0.273. The number of ether oxygens (including phenoxy) is 1. The van der Waals surface area contributed by atoms with Crippen LogP contribution in [0.25, 0.3) is 0 Å². The Morgan fingerprint density at radius 1 is 1.47 bits per heavy atom. The van der Waals surface area contributed by atoms with Gasteiger partial charge in [0.05, 0.1) is 12.4 Å². The van der Waals surface area contributed by atoms with Crippen molar-refractivity contribution in [1.82, 2.24) is 0 Å². The van der Waals surface area contributed by atoms with Crippen LogP contribution in [0, 0.1) is 0 Å². The van der Waals surface area contributed by atoms with Gasteiger partial charge in [0.15, 0.2) is 0 Å². The van der Waals surface area contributed by atoms with Crippen LogP contribution in [-0.4, -0.2) is 6.54 Å². The van der Waals surface area contributed by atoms with E-state index in [-0.39, 0.29) is 6.10 Å². The van der Waals surface area contributed by atoms with Crippen LogP contribution in [-0.2, 0) is 11.3 Å². The van der Waals surface area contributed by atoms with Gasteiger partial charge in [0.1, 0.15) is 12.4 Å². The van der Waals surface area contributed by atoms with Crippen molar-refractivity contribution in [1.29, 1.82) is 0 Å². The molecule has 0 fully saturated rings. The summed E-state index contributed by atoms with van der Waals surface area (Å²) in [6.45, 7) is 0.947. The van der Waals surface area contributed by atoms with Crippen molar-refractivity contribution >= 4 is 11.3 Å². The number of hydrogen-bond acceptors (Lipinski definition) is 4. The van der Waals surface area contributed by atoms with E-state index in [9.17, 15) is 0 Å². The van der Waals surface area contributed by atoms with Gasteiger partial charge in [-0.05, 0) is 34.5 Å². The highest BCUT2D eigenvalue weighted by molar-refractivity contribution is 7.07. The molecule has 2 aromatic heterocycles. The lowest BCUT2D eigenvalue weighted by Crippen LogP contribution is -2.15. The molecule has 0 aromatic carbocycles. The molecule has 0 aliphatic heterocycles. The number of nitrogens with two attached hydrogens (primary N) is 1. The first kappa shape index (κ1) is 10.4. The van der Waals surface area contributed by atoms with Crippen LogP contribution in [0.2, 0.25) is 0 Å². The summed E-state index contributed by atoms with van der Waals surface area (Å²) < 4.78 is 10.9. The summed E-state index contributed by atoms with van der Waals surface area (Å²) >= 11 is 1.65. The van der Waals surface area contributed by atoms with E-state index in [0.29, 0.717) is 13.2 Å². The molecule has 0 saturated carbocycles. The third kappa shape index (κ3) is 2.68. The van der Waals surface area contributed by atoms with Crippen LogP contribution in [0.3, 0.4) is 0 Å². The molecule has 2 N–H and O–H groups in total. The average molecular weight is 223 g/mol. The second-order valence-corrected chi connectivity index (χ2v) is 3.95. The molecule has 0 aliphatic carbocycles. The number of thiophene rings is 1. The molecule has 3 nitrogen and oxygen atoms in total. The van der Waals surface area contributed by atoms with Crippen LogP contribution in [0.1, 0.15) is 17.4 Å². The Hall–Kier alpha value is -1.10. The molecule has 4 heteroatoms. The monoisotopic (exact) mass is 223 g/mol. The maximum Gasteiger partial charge on any atom is 0.129 e. The highest BCUT2D eigenvalue weighted by Gasteiger charge is 2.10. The Morgan fingerprint density at radius 3 is 3.00 bits per heavy atom. The Bertz CT molecular complexity index is 369. The lowest BCUT2D eigenvalue weighted by atomic mass is 10.2. The predicted molar refractivity (Wildman–Crippen MR) is 59.6 cm³/mol. The van der Waals surface area contributed by atoms with Crippen LogP contribution in [0.15, 0.2) is 39.6 Å². The van der Waals surface area contributed by atoms with Crippen LogP contribution in [0.4, 0.5) is 0 Å². The maximum absolute atomic E-state index is 5.67. The molecular formula is C11H13NO2S. The second-order valence-electron chi connectivity index (χ2n) is 3.17. The van der Waals surface area contributed by atoms with Crippen molar-refractivity contribution in [3.63, 3.8) is 0 Å². The van der Waals surface area contributed by atoms with Gasteiger partial charge in [-0.15, -0.1) is 0 Å². The van der Waals surface area contributed by atoms with E-state index in [1.54, 1.807) is 17.6 Å². The molecule has 80 valence electrons. The highest BCUT2D eigenvalue weighted by Crippen LogP contribution is 2.20. The number of hydrogen-bond donors (Lipinski definition) is 1. The topological polar surface area (TPSA) is 48.4 Å². The Kier molecular flexibility index (Phi) is 3.55. The summed E-state index contributed by atoms with van der Waals surface area (Å²) in [5.41, 5.74) is 6.79. The van der Waals surface area contributed by atoms with Crippen LogP contribution >= 0.6 is 11.3 Å². The molecule has 0 spiro atoms. The van der Waals surface area contributed by atoms with Gasteiger partial charge >= 0.3 is 0 Å². The molecule has 0 amide bonds. The van der Waals surface area contributed by atoms with E-state index in [1.165, 1.54) is 0 Å². The summed E-state index contributed by atoms with van der Waals surface area (Å²) in [5, 5.41) is 4.08. The molecule has 2 heterocycles. The van der Waals surface area contributed by atoms with Gasteiger partial charge in [-0.3, -0.25) is 0 Å². The molecule has 2 aromatic rings. The standard InChI is InChI=1S/C11H13NO2S/c12-6-11(9-3-5-15-8-9)14-7-10-2-1-4-13-10/h1-5,8,11H,6-7,12H2. The van der Waals surface area contributed by atoms with Gasteiger partial charge in [-0.2, -0.15) is 11.3 Å². The first-order chi connectivity index (χ1) is 7.40. The third-order valence-electron chi connectivity index (χ3n) is 2.14. The minimum absolute atomic E-state index is 0.0404. The lowest BCUT2D eigenvalue weighted by molar-refractivity contribution is 0.0358. The zero-order valence-corrected chi connectivity index (χ0v) is 9.07. The molecular weight excluding hydrogens is 210 g/mol. The largest absolute Gasteiger partial charge is 0.467 e. The Labute approximate surface area is 92.5 Å². The fourth-order valence-electron chi connectivity index (χ4n) is 1.34. The third-order valence-corrected chi connectivity index (χ3v) is 2.84. The zero-order valence-electron chi connectivity index (χ0n) is 8.26. The zero-order chi connectivity index (χ0) is 10.5. The average Bonchev–Trinajstić information content (AvgIpc) is 2.90. The van der Waals surface area contributed by atoms with Crippen molar-refractivity contribution in [2.24, 2.45) is 5.73 Å². The number of furan rings is 1. The molecule has 15 heavy (non-hydrogen) atoms. The molecule has 2 rings (SSSR count). The van der Waals surface area contributed by atoms with Crippen molar-refractivity contribution in [3.8, 4) is 0 Å².